The van der Waals surface area contributed by atoms with Gasteiger partial charge in [-0.15, -0.1) is 0 Å². The number of aryl methyl sites for hydroxylation is 1. The zero-order valence-electron chi connectivity index (χ0n) is 12.0. The Morgan fingerprint density at radius 1 is 1.10 bits per heavy atom. The number of aromatic nitrogens is 2. The largest absolute Gasteiger partial charge is 0.496 e. The Hall–Kier alpha value is -2.21. The van der Waals surface area contributed by atoms with E-state index in [1.807, 2.05) is 0 Å². The van der Waals surface area contributed by atoms with Crippen molar-refractivity contribution in [2.45, 2.75) is 6.10 Å². The molecule has 1 atom stereocenters. The van der Waals surface area contributed by atoms with E-state index in [1.54, 1.807) is 43.4 Å². The molecule has 2 aromatic rings. The summed E-state index contributed by atoms with van der Waals surface area (Å²) < 4.78 is 17.5. The Labute approximate surface area is 117 Å². The lowest BCUT2D eigenvalue weighted by Gasteiger charge is -2.18. The number of aliphatic hydroxyl groups excluding tert-OH is 1. The van der Waals surface area contributed by atoms with Gasteiger partial charge in [0.15, 0.2) is 0 Å². The van der Waals surface area contributed by atoms with Crippen LogP contribution in [0.1, 0.15) is 17.2 Å². The summed E-state index contributed by atoms with van der Waals surface area (Å²) in [4.78, 5) is 0. The molecule has 1 aromatic carbocycles. The molecule has 20 heavy (non-hydrogen) atoms. The van der Waals surface area contributed by atoms with Gasteiger partial charge in [-0.25, -0.2) is 0 Å². The summed E-state index contributed by atoms with van der Waals surface area (Å²) in [6.45, 7) is 0. The molecule has 1 N–H and O–H groups in total. The van der Waals surface area contributed by atoms with Crippen LogP contribution in [0.25, 0.3) is 0 Å². The molecule has 0 saturated carbocycles. The Morgan fingerprint density at radius 3 is 2.10 bits per heavy atom. The summed E-state index contributed by atoms with van der Waals surface area (Å²) in [5, 5.41) is 14.6. The summed E-state index contributed by atoms with van der Waals surface area (Å²) in [5.41, 5.74) is 1.21. The summed E-state index contributed by atoms with van der Waals surface area (Å²) in [6, 6.07) is 3.41. The average Bonchev–Trinajstić information content (AvgIpc) is 2.91. The van der Waals surface area contributed by atoms with Gasteiger partial charge in [0.2, 0.25) is 0 Å². The van der Waals surface area contributed by atoms with Gasteiger partial charge in [-0.05, 0) is 0 Å². The third kappa shape index (κ3) is 2.55. The predicted octanol–water partition coefficient (Wildman–Crippen LogP) is 1.53. The second-order valence-electron chi connectivity index (χ2n) is 4.30. The second kappa shape index (κ2) is 5.83. The Bertz CT molecular complexity index is 570. The molecular weight excluding hydrogens is 260 g/mol. The molecule has 0 bridgehead atoms. The molecular formula is C14H18N2O4. The fourth-order valence-electron chi connectivity index (χ4n) is 2.05. The van der Waals surface area contributed by atoms with Crippen LogP contribution in [0.2, 0.25) is 0 Å². The predicted molar refractivity (Wildman–Crippen MR) is 73.4 cm³/mol. The quantitative estimate of drug-likeness (QED) is 0.898. The van der Waals surface area contributed by atoms with Crippen LogP contribution in [0, 0.1) is 0 Å². The van der Waals surface area contributed by atoms with Gasteiger partial charge in [0.25, 0.3) is 0 Å². The van der Waals surface area contributed by atoms with Crippen LogP contribution < -0.4 is 14.2 Å². The molecule has 2 rings (SSSR count). The van der Waals surface area contributed by atoms with E-state index in [4.69, 9.17) is 14.2 Å². The van der Waals surface area contributed by atoms with Crippen molar-refractivity contribution in [3.05, 3.63) is 35.7 Å². The molecule has 0 aliphatic rings. The number of methoxy groups -OCH3 is 3. The van der Waals surface area contributed by atoms with E-state index in [9.17, 15) is 5.11 Å². The van der Waals surface area contributed by atoms with Crippen LogP contribution in [0.4, 0.5) is 0 Å². The number of ether oxygens (including phenoxy) is 3. The van der Waals surface area contributed by atoms with Crippen molar-refractivity contribution in [2.24, 2.45) is 7.05 Å². The van der Waals surface area contributed by atoms with Crippen molar-refractivity contribution in [1.29, 1.82) is 0 Å². The maximum atomic E-state index is 10.5. The zero-order valence-corrected chi connectivity index (χ0v) is 12.0. The lowest BCUT2D eigenvalue weighted by molar-refractivity contribution is 0.208. The molecule has 0 fully saturated rings. The molecule has 1 aromatic heterocycles. The first-order chi connectivity index (χ1) is 9.60. The van der Waals surface area contributed by atoms with E-state index in [2.05, 4.69) is 5.10 Å². The van der Waals surface area contributed by atoms with E-state index >= 15 is 0 Å². The molecule has 108 valence electrons. The van der Waals surface area contributed by atoms with Crippen LogP contribution in [-0.2, 0) is 7.05 Å². The summed E-state index contributed by atoms with van der Waals surface area (Å²) in [5.74, 6) is 1.59. The van der Waals surface area contributed by atoms with Gasteiger partial charge in [-0.1, -0.05) is 0 Å². The highest BCUT2D eigenvalue weighted by Crippen LogP contribution is 2.40. The molecule has 0 aliphatic carbocycles. The Kier molecular flexibility index (Phi) is 4.14. The highest BCUT2D eigenvalue weighted by Gasteiger charge is 2.23. The van der Waals surface area contributed by atoms with Gasteiger partial charge < -0.3 is 19.3 Å². The number of hydrogen-bond donors (Lipinski definition) is 1. The minimum Gasteiger partial charge on any atom is -0.496 e. The van der Waals surface area contributed by atoms with Gasteiger partial charge in [0.1, 0.15) is 23.4 Å². The van der Waals surface area contributed by atoms with Gasteiger partial charge in [0.05, 0.1) is 33.1 Å². The lowest BCUT2D eigenvalue weighted by atomic mass is 10.0. The maximum Gasteiger partial charge on any atom is 0.132 e. The fourth-order valence-corrected chi connectivity index (χ4v) is 2.05. The van der Waals surface area contributed by atoms with E-state index in [1.165, 1.54) is 14.2 Å². The third-order valence-electron chi connectivity index (χ3n) is 3.07. The monoisotopic (exact) mass is 278 g/mol. The first-order valence-corrected chi connectivity index (χ1v) is 6.07. The summed E-state index contributed by atoms with van der Waals surface area (Å²) in [6.07, 6.45) is 2.46. The molecule has 0 saturated heterocycles. The molecule has 0 aliphatic heterocycles. The molecule has 6 nitrogen and oxygen atoms in total. The standard InChI is InChI=1S/C14H18N2O4/c1-16-8-9(7-15-16)14(17)13-11(19-3)5-10(18-2)6-12(13)20-4/h5-8,14,17H,1-4H3. The van der Waals surface area contributed by atoms with Crippen molar-refractivity contribution < 1.29 is 19.3 Å². The molecule has 1 unspecified atom stereocenters. The molecule has 0 radical (unpaired) electrons. The third-order valence-corrected chi connectivity index (χ3v) is 3.07. The highest BCUT2D eigenvalue weighted by atomic mass is 16.5. The molecule has 0 spiro atoms. The number of aliphatic hydroxyl groups is 1. The number of hydrogen-bond acceptors (Lipinski definition) is 5. The van der Waals surface area contributed by atoms with E-state index in [-0.39, 0.29) is 0 Å². The Balaban J connectivity index is 2.53. The van der Waals surface area contributed by atoms with Crippen molar-refractivity contribution >= 4 is 0 Å². The van der Waals surface area contributed by atoms with Crippen molar-refractivity contribution in [1.82, 2.24) is 9.78 Å². The zero-order chi connectivity index (χ0) is 14.7. The van der Waals surface area contributed by atoms with Crippen molar-refractivity contribution in [3.63, 3.8) is 0 Å². The van der Waals surface area contributed by atoms with Gasteiger partial charge in [0, 0.05) is 30.9 Å². The number of rotatable bonds is 5. The lowest BCUT2D eigenvalue weighted by Crippen LogP contribution is -2.05. The Morgan fingerprint density at radius 2 is 1.70 bits per heavy atom. The van der Waals surface area contributed by atoms with Gasteiger partial charge in [-0.3, -0.25) is 4.68 Å². The highest BCUT2D eigenvalue weighted by molar-refractivity contribution is 5.53. The van der Waals surface area contributed by atoms with Crippen molar-refractivity contribution in [3.8, 4) is 17.2 Å². The fraction of sp³-hybridized carbons (Fsp3) is 0.357. The SMILES string of the molecule is COc1cc(OC)c(C(O)c2cnn(C)c2)c(OC)c1. The van der Waals surface area contributed by atoms with Crippen LogP contribution in [0.3, 0.4) is 0 Å². The molecule has 1 heterocycles. The minimum absolute atomic E-state index is 0.498. The van der Waals surface area contributed by atoms with Crippen LogP contribution in [-0.4, -0.2) is 36.2 Å². The summed E-state index contributed by atoms with van der Waals surface area (Å²) in [7, 11) is 6.42. The second-order valence-corrected chi connectivity index (χ2v) is 4.30. The average molecular weight is 278 g/mol. The van der Waals surface area contributed by atoms with Crippen molar-refractivity contribution in [2.75, 3.05) is 21.3 Å². The van der Waals surface area contributed by atoms with Crippen LogP contribution >= 0.6 is 0 Å². The van der Waals surface area contributed by atoms with E-state index in [0.717, 1.165) is 0 Å². The molecule has 6 heteroatoms. The van der Waals surface area contributed by atoms with Crippen LogP contribution in [0.5, 0.6) is 17.2 Å². The maximum absolute atomic E-state index is 10.5. The smallest absolute Gasteiger partial charge is 0.132 e. The normalized spacial score (nSPS) is 12.1. The van der Waals surface area contributed by atoms with E-state index in [0.29, 0.717) is 28.4 Å². The number of benzene rings is 1. The number of nitrogens with zero attached hydrogens (tertiary/aromatic N) is 2. The first kappa shape index (κ1) is 14.2. The minimum atomic E-state index is -0.889. The van der Waals surface area contributed by atoms with Gasteiger partial charge in [-0.2, -0.15) is 5.10 Å². The first-order valence-electron chi connectivity index (χ1n) is 6.07. The van der Waals surface area contributed by atoms with Gasteiger partial charge >= 0.3 is 0 Å². The topological polar surface area (TPSA) is 65.7 Å². The molecule has 0 amide bonds. The van der Waals surface area contributed by atoms with E-state index < -0.39 is 6.10 Å². The van der Waals surface area contributed by atoms with Crippen LogP contribution in [0.15, 0.2) is 24.5 Å². The summed E-state index contributed by atoms with van der Waals surface area (Å²) >= 11 is 0.